The molecule has 0 saturated heterocycles. The second-order valence-corrected chi connectivity index (χ2v) is 7.62. The molecule has 0 spiro atoms. The summed E-state index contributed by atoms with van der Waals surface area (Å²) in [6.07, 6.45) is 0. The summed E-state index contributed by atoms with van der Waals surface area (Å²) in [6, 6.07) is 0. The van der Waals surface area contributed by atoms with E-state index in [2.05, 4.69) is 13.6 Å². The first kappa shape index (κ1) is 15.2. The van der Waals surface area contributed by atoms with Crippen molar-refractivity contribution in [3.63, 3.8) is 0 Å². The van der Waals surface area contributed by atoms with Crippen LogP contribution in [-0.2, 0) is 24.5 Å². The minimum atomic E-state index is -1.19. The van der Waals surface area contributed by atoms with E-state index in [9.17, 15) is 0 Å². The Morgan fingerprint density at radius 3 is 1.09 bits per heavy atom. The van der Waals surface area contributed by atoms with E-state index in [1.807, 2.05) is 0 Å². The van der Waals surface area contributed by atoms with Crippen LogP contribution in [0.5, 0.6) is 0 Å². The molecule has 0 N–H and O–H groups in total. The molecule has 0 aliphatic heterocycles. The van der Waals surface area contributed by atoms with E-state index in [1.165, 1.54) is 0 Å². The zero-order valence-corrected chi connectivity index (χ0v) is 10.3. The van der Waals surface area contributed by atoms with Gasteiger partial charge in [0.1, 0.15) is 0 Å². The van der Waals surface area contributed by atoms with Crippen molar-refractivity contribution in [2.24, 2.45) is 0 Å². The summed E-state index contributed by atoms with van der Waals surface area (Å²) in [4.78, 5) is 0. The molecule has 0 radical (unpaired) electrons. The standard InChI is InChI=1S/C3H9O3P.3ClH.Co/c1-4-7(5-2)6-3;;;;/h1-3H3;3*1H;/q;;;;+3/p-3. The number of hydrogen-bond acceptors (Lipinski definition) is 3. The fraction of sp³-hybridized carbons (Fsp3) is 1.00. The van der Waals surface area contributed by atoms with Gasteiger partial charge in [-0.05, 0) is 0 Å². The molecule has 0 saturated carbocycles. The van der Waals surface area contributed by atoms with Crippen molar-refractivity contribution in [3.8, 4) is 0 Å². The van der Waals surface area contributed by atoms with Gasteiger partial charge in [-0.3, -0.25) is 0 Å². The normalized spacial score (nSPS) is 10.6. The Bertz CT molecular complexity index is 66.6. The van der Waals surface area contributed by atoms with E-state index in [0.29, 0.717) is 0 Å². The Balaban J connectivity index is 0. The van der Waals surface area contributed by atoms with Crippen molar-refractivity contribution in [2.75, 3.05) is 21.3 Å². The molecule has 0 bridgehead atoms. The summed E-state index contributed by atoms with van der Waals surface area (Å²) in [5.74, 6) is 0. The van der Waals surface area contributed by atoms with E-state index in [0.717, 1.165) is 0 Å². The van der Waals surface area contributed by atoms with Crippen LogP contribution in [0, 0.1) is 0 Å². The molecule has 0 aliphatic carbocycles. The van der Waals surface area contributed by atoms with Gasteiger partial charge < -0.3 is 13.6 Å². The van der Waals surface area contributed by atoms with Gasteiger partial charge in [-0.1, -0.05) is 0 Å². The van der Waals surface area contributed by atoms with Gasteiger partial charge in [-0.2, -0.15) is 0 Å². The van der Waals surface area contributed by atoms with Crippen LogP contribution in [0.1, 0.15) is 0 Å². The third-order valence-electron chi connectivity index (χ3n) is 0.447. The molecule has 0 aromatic heterocycles. The van der Waals surface area contributed by atoms with E-state index in [-0.39, 0.29) is 0 Å². The van der Waals surface area contributed by atoms with E-state index in [1.54, 1.807) is 21.3 Å². The van der Waals surface area contributed by atoms with Crippen molar-refractivity contribution in [2.45, 2.75) is 0 Å². The molecule has 0 heterocycles. The van der Waals surface area contributed by atoms with Crippen molar-refractivity contribution in [1.82, 2.24) is 0 Å². The average Bonchev–Trinajstić information content (AvgIpc) is 1.90. The number of hydrogen-bond donors (Lipinski definition) is 0. The summed E-state index contributed by atoms with van der Waals surface area (Å²) in [7, 11) is 17.0. The summed E-state index contributed by atoms with van der Waals surface area (Å²) in [5.41, 5.74) is 0. The molecule has 3 nitrogen and oxygen atoms in total. The minimum absolute atomic E-state index is 1.05. The van der Waals surface area contributed by atoms with Gasteiger partial charge in [-0.25, -0.2) is 0 Å². The second kappa shape index (κ2) is 11.7. The van der Waals surface area contributed by atoms with Crippen LogP contribution < -0.4 is 0 Å². The second-order valence-electron chi connectivity index (χ2n) is 0.914. The zero-order valence-electron chi connectivity index (χ0n) is 6.14. The molecule has 0 atom stereocenters. The third-order valence-corrected chi connectivity index (χ3v) is 1.34. The number of rotatable bonds is 3. The third kappa shape index (κ3) is 18.6. The topological polar surface area (TPSA) is 27.7 Å². The maximum absolute atomic E-state index is 4.87. The Hall–Kier alpha value is 1.69. The predicted molar refractivity (Wildman–Crippen MR) is 45.5 cm³/mol. The Morgan fingerprint density at radius 2 is 1.09 bits per heavy atom. The molecule has 0 aromatic carbocycles. The average molecular weight is 289 g/mol. The van der Waals surface area contributed by atoms with Gasteiger partial charge in [-0.15, -0.1) is 0 Å². The molecule has 11 heavy (non-hydrogen) atoms. The van der Waals surface area contributed by atoms with Crippen LogP contribution in [0.15, 0.2) is 0 Å². The van der Waals surface area contributed by atoms with Crippen LogP contribution in [0.3, 0.4) is 0 Å². The first-order valence-corrected chi connectivity index (χ1v) is 7.54. The van der Waals surface area contributed by atoms with Crippen molar-refractivity contribution >= 4 is 39.0 Å². The molecule has 8 heteroatoms. The monoisotopic (exact) mass is 288 g/mol. The Labute approximate surface area is 84.7 Å². The van der Waals surface area contributed by atoms with Crippen LogP contribution in [0.25, 0.3) is 0 Å². The van der Waals surface area contributed by atoms with Crippen molar-refractivity contribution in [1.29, 1.82) is 0 Å². The summed E-state index contributed by atoms with van der Waals surface area (Å²) >= 11 is 0. The first-order chi connectivity index (χ1) is 5.08. The Morgan fingerprint density at radius 1 is 0.909 bits per heavy atom. The Kier molecular flexibility index (Phi) is 16.1. The molecular weight excluding hydrogens is 280 g/mol. The quantitative estimate of drug-likeness (QED) is 0.747. The van der Waals surface area contributed by atoms with Gasteiger partial charge in [0, 0.05) is 21.3 Å². The van der Waals surface area contributed by atoms with Crippen molar-refractivity contribution < 1.29 is 24.5 Å². The fourth-order valence-corrected chi connectivity index (χ4v) is 0.671. The first-order valence-electron chi connectivity index (χ1n) is 2.15. The van der Waals surface area contributed by atoms with E-state index < -0.39 is 19.6 Å². The number of halogens is 3. The van der Waals surface area contributed by atoms with Crippen LogP contribution >= 0.6 is 39.0 Å². The molecule has 74 valence electrons. The van der Waals surface area contributed by atoms with Crippen LogP contribution in [0.4, 0.5) is 0 Å². The molecule has 0 aliphatic rings. The predicted octanol–water partition coefficient (Wildman–Crippen LogP) is 3.22. The van der Waals surface area contributed by atoms with E-state index >= 15 is 0 Å². The van der Waals surface area contributed by atoms with Gasteiger partial charge in [0.05, 0.1) is 0 Å². The molecule has 0 fully saturated rings. The fourth-order valence-electron chi connectivity index (χ4n) is 0.224. The molecule has 0 aromatic rings. The van der Waals surface area contributed by atoms with E-state index in [4.69, 9.17) is 30.4 Å². The molecule has 0 rings (SSSR count). The maximum atomic E-state index is 4.87. The molecular formula is C3H9Cl3CoO3P. The molecule has 0 unspecified atom stereocenters. The van der Waals surface area contributed by atoms with Crippen LogP contribution in [0.2, 0.25) is 0 Å². The summed E-state index contributed by atoms with van der Waals surface area (Å²) < 4.78 is 14.0. The zero-order chi connectivity index (χ0) is 9.28. The van der Waals surface area contributed by atoms with Gasteiger partial charge in [0.25, 0.3) is 0 Å². The SMILES string of the molecule is COP(OC)OC.[Cl][Co]([Cl])[Cl]. The van der Waals surface area contributed by atoms with Gasteiger partial charge >= 0.3 is 50.0 Å². The van der Waals surface area contributed by atoms with Crippen molar-refractivity contribution in [3.05, 3.63) is 0 Å². The molecule has 0 amide bonds. The summed E-state index contributed by atoms with van der Waals surface area (Å²) in [6.45, 7) is 0. The van der Waals surface area contributed by atoms with Gasteiger partial charge in [0.15, 0.2) is 0 Å². The van der Waals surface area contributed by atoms with Crippen LogP contribution in [-0.4, -0.2) is 21.3 Å². The summed E-state index contributed by atoms with van der Waals surface area (Å²) in [5, 5.41) is 0. The van der Waals surface area contributed by atoms with Gasteiger partial charge in [0.2, 0.25) is 0 Å².